The summed E-state index contributed by atoms with van der Waals surface area (Å²) in [4.78, 5) is 0. The van der Waals surface area contributed by atoms with Crippen LogP contribution in [0.5, 0.6) is 5.75 Å². The summed E-state index contributed by atoms with van der Waals surface area (Å²) in [6.45, 7) is 2.17. The van der Waals surface area contributed by atoms with Gasteiger partial charge in [-0.3, -0.25) is 0 Å². The molecule has 100 valence electrons. The zero-order valence-corrected chi connectivity index (χ0v) is 11.6. The maximum atomic E-state index is 6.08. The lowest BCUT2D eigenvalue weighted by Gasteiger charge is -2.18. The Kier molecular flexibility index (Phi) is 5.06. The van der Waals surface area contributed by atoms with Crippen LogP contribution in [0.3, 0.4) is 0 Å². The number of rotatable bonds is 4. The smallest absolute Gasteiger partial charge is 0.119 e. The average molecular weight is 247 g/mol. The molecular weight excluding hydrogens is 222 g/mol. The number of hydrogen-bond donors (Lipinski definition) is 1. The lowest BCUT2D eigenvalue weighted by Crippen LogP contribution is -2.15. The van der Waals surface area contributed by atoms with Gasteiger partial charge in [0.25, 0.3) is 0 Å². The Labute approximate surface area is 111 Å². The van der Waals surface area contributed by atoms with Crippen LogP contribution in [0.15, 0.2) is 24.3 Å². The molecule has 1 N–H and O–H groups in total. The van der Waals surface area contributed by atoms with Gasteiger partial charge in [-0.25, -0.2) is 0 Å². The molecule has 2 nitrogen and oxygen atoms in total. The molecule has 1 atom stereocenters. The number of ether oxygens (including phenoxy) is 1. The lowest BCUT2D eigenvalue weighted by atomic mass is 10.1. The Hall–Kier alpha value is -1.02. The second-order valence-corrected chi connectivity index (χ2v) is 5.31. The van der Waals surface area contributed by atoms with Crippen LogP contribution in [-0.4, -0.2) is 13.2 Å². The van der Waals surface area contributed by atoms with Crippen molar-refractivity contribution in [3.63, 3.8) is 0 Å². The SMILES string of the molecule is CNC(C)c1ccc(OC2CCCCCC2)cc1. The molecular formula is C16H25NO. The first-order valence-corrected chi connectivity index (χ1v) is 7.23. The van der Waals surface area contributed by atoms with Gasteiger partial charge in [-0.05, 0) is 57.4 Å². The van der Waals surface area contributed by atoms with Crippen LogP contribution in [-0.2, 0) is 0 Å². The minimum Gasteiger partial charge on any atom is -0.490 e. The van der Waals surface area contributed by atoms with E-state index in [9.17, 15) is 0 Å². The Bertz CT molecular complexity index is 339. The van der Waals surface area contributed by atoms with Crippen LogP contribution in [0, 0.1) is 0 Å². The van der Waals surface area contributed by atoms with Crippen molar-refractivity contribution >= 4 is 0 Å². The highest BCUT2D eigenvalue weighted by molar-refractivity contribution is 5.29. The molecule has 0 bridgehead atoms. The molecule has 0 radical (unpaired) electrons. The molecule has 0 heterocycles. The first kappa shape index (κ1) is 13.4. The standard InChI is InChI=1S/C16H25NO/c1-13(17-2)14-9-11-16(12-10-14)18-15-7-5-3-4-6-8-15/h9-13,15,17H,3-8H2,1-2H3. The maximum Gasteiger partial charge on any atom is 0.119 e. The van der Waals surface area contributed by atoms with Crippen molar-refractivity contribution in [3.05, 3.63) is 29.8 Å². The van der Waals surface area contributed by atoms with Crippen molar-refractivity contribution in [3.8, 4) is 5.75 Å². The van der Waals surface area contributed by atoms with E-state index < -0.39 is 0 Å². The molecule has 2 rings (SSSR count). The Morgan fingerprint density at radius 2 is 1.67 bits per heavy atom. The maximum absolute atomic E-state index is 6.08. The van der Waals surface area contributed by atoms with Gasteiger partial charge in [-0.2, -0.15) is 0 Å². The van der Waals surface area contributed by atoms with E-state index in [4.69, 9.17) is 4.74 Å². The summed E-state index contributed by atoms with van der Waals surface area (Å²) in [5.74, 6) is 1.02. The highest BCUT2D eigenvalue weighted by Crippen LogP contribution is 2.24. The van der Waals surface area contributed by atoms with E-state index in [1.165, 1.54) is 44.1 Å². The molecule has 1 aromatic rings. The molecule has 0 amide bonds. The van der Waals surface area contributed by atoms with Crippen LogP contribution >= 0.6 is 0 Å². The van der Waals surface area contributed by atoms with Gasteiger partial charge in [-0.1, -0.05) is 25.0 Å². The second-order valence-electron chi connectivity index (χ2n) is 5.31. The lowest BCUT2D eigenvalue weighted by molar-refractivity contribution is 0.183. The van der Waals surface area contributed by atoms with E-state index in [0.717, 1.165) is 5.75 Å². The fourth-order valence-electron chi connectivity index (χ4n) is 2.55. The van der Waals surface area contributed by atoms with Crippen molar-refractivity contribution in [2.75, 3.05) is 7.05 Å². The van der Waals surface area contributed by atoms with Crippen LogP contribution in [0.1, 0.15) is 57.1 Å². The van der Waals surface area contributed by atoms with Crippen LogP contribution < -0.4 is 10.1 Å². The summed E-state index contributed by atoms with van der Waals surface area (Å²) in [5.41, 5.74) is 1.31. The summed E-state index contributed by atoms with van der Waals surface area (Å²) < 4.78 is 6.08. The van der Waals surface area contributed by atoms with Gasteiger partial charge < -0.3 is 10.1 Å². The average Bonchev–Trinajstić information content (AvgIpc) is 2.67. The summed E-state index contributed by atoms with van der Waals surface area (Å²) in [5, 5.41) is 3.25. The summed E-state index contributed by atoms with van der Waals surface area (Å²) >= 11 is 0. The third-order valence-electron chi connectivity index (χ3n) is 3.92. The van der Waals surface area contributed by atoms with E-state index in [2.05, 4.69) is 36.5 Å². The van der Waals surface area contributed by atoms with E-state index in [1.54, 1.807) is 0 Å². The Morgan fingerprint density at radius 1 is 1.06 bits per heavy atom. The summed E-state index contributed by atoms with van der Waals surface area (Å²) in [7, 11) is 1.99. The molecule has 2 heteroatoms. The highest BCUT2D eigenvalue weighted by Gasteiger charge is 2.13. The van der Waals surface area contributed by atoms with E-state index >= 15 is 0 Å². The van der Waals surface area contributed by atoms with E-state index in [0.29, 0.717) is 12.1 Å². The number of hydrogen-bond acceptors (Lipinski definition) is 2. The molecule has 0 spiro atoms. The van der Waals surface area contributed by atoms with Crippen molar-refractivity contribution < 1.29 is 4.74 Å². The topological polar surface area (TPSA) is 21.3 Å². The first-order chi connectivity index (χ1) is 8.79. The minimum absolute atomic E-state index is 0.400. The third kappa shape index (κ3) is 3.74. The Morgan fingerprint density at radius 3 is 2.22 bits per heavy atom. The van der Waals surface area contributed by atoms with Crippen LogP contribution in [0.2, 0.25) is 0 Å². The van der Waals surface area contributed by atoms with Gasteiger partial charge in [0.15, 0.2) is 0 Å². The highest BCUT2D eigenvalue weighted by atomic mass is 16.5. The molecule has 1 aliphatic carbocycles. The van der Waals surface area contributed by atoms with Crippen molar-refractivity contribution in [2.24, 2.45) is 0 Å². The fourth-order valence-corrected chi connectivity index (χ4v) is 2.55. The molecule has 1 fully saturated rings. The predicted molar refractivity (Wildman–Crippen MR) is 76.0 cm³/mol. The molecule has 1 aromatic carbocycles. The molecule has 0 saturated heterocycles. The molecule has 1 saturated carbocycles. The second kappa shape index (κ2) is 6.79. The zero-order valence-electron chi connectivity index (χ0n) is 11.6. The van der Waals surface area contributed by atoms with Gasteiger partial charge in [-0.15, -0.1) is 0 Å². The largest absolute Gasteiger partial charge is 0.490 e. The quantitative estimate of drug-likeness (QED) is 0.810. The minimum atomic E-state index is 0.400. The van der Waals surface area contributed by atoms with Crippen LogP contribution in [0.25, 0.3) is 0 Å². The van der Waals surface area contributed by atoms with Crippen molar-refractivity contribution in [1.82, 2.24) is 5.32 Å². The van der Waals surface area contributed by atoms with Crippen LogP contribution in [0.4, 0.5) is 0 Å². The summed E-state index contributed by atoms with van der Waals surface area (Å²) in [6.07, 6.45) is 8.25. The molecule has 1 unspecified atom stereocenters. The number of nitrogens with one attached hydrogen (secondary N) is 1. The van der Waals surface area contributed by atoms with Gasteiger partial charge in [0.2, 0.25) is 0 Å². The first-order valence-electron chi connectivity index (χ1n) is 7.23. The Balaban J connectivity index is 1.92. The number of benzene rings is 1. The zero-order chi connectivity index (χ0) is 12.8. The van der Waals surface area contributed by atoms with Gasteiger partial charge >= 0.3 is 0 Å². The normalized spacial score (nSPS) is 19.2. The van der Waals surface area contributed by atoms with Crippen molar-refractivity contribution in [2.45, 2.75) is 57.6 Å². The van der Waals surface area contributed by atoms with Gasteiger partial charge in [0.1, 0.15) is 5.75 Å². The molecule has 0 aromatic heterocycles. The molecule has 18 heavy (non-hydrogen) atoms. The molecule has 1 aliphatic rings. The fraction of sp³-hybridized carbons (Fsp3) is 0.625. The summed E-state index contributed by atoms with van der Waals surface area (Å²) in [6, 6.07) is 8.93. The monoisotopic (exact) mass is 247 g/mol. The van der Waals surface area contributed by atoms with Gasteiger partial charge in [0, 0.05) is 6.04 Å². The third-order valence-corrected chi connectivity index (χ3v) is 3.92. The van der Waals surface area contributed by atoms with Gasteiger partial charge in [0.05, 0.1) is 6.10 Å². The molecule has 0 aliphatic heterocycles. The predicted octanol–water partition coefficient (Wildman–Crippen LogP) is 4.07. The van der Waals surface area contributed by atoms with E-state index in [-0.39, 0.29) is 0 Å². The van der Waals surface area contributed by atoms with E-state index in [1.807, 2.05) is 7.05 Å². The van der Waals surface area contributed by atoms with Crippen molar-refractivity contribution in [1.29, 1.82) is 0 Å².